The summed E-state index contributed by atoms with van der Waals surface area (Å²) in [6.45, 7) is 0. The minimum Gasteiger partial charge on any atom is -0.481 e. The van der Waals surface area contributed by atoms with Gasteiger partial charge in [-0.05, 0) is 54.0 Å². The normalized spacial score (nSPS) is 30.9. The van der Waals surface area contributed by atoms with Gasteiger partial charge in [0.2, 0.25) is 0 Å². The summed E-state index contributed by atoms with van der Waals surface area (Å²) in [7, 11) is 0. The number of carboxylic acid groups (broad SMARTS) is 1. The molecule has 1 N–H and O–H groups in total. The van der Waals surface area contributed by atoms with E-state index in [0.717, 1.165) is 12.8 Å². The lowest BCUT2D eigenvalue weighted by atomic mass is 9.88. The van der Waals surface area contributed by atoms with Gasteiger partial charge >= 0.3 is 5.97 Å². The highest BCUT2D eigenvalue weighted by molar-refractivity contribution is 8.00. The predicted octanol–water partition coefficient (Wildman–Crippen LogP) is 4.43. The van der Waals surface area contributed by atoms with Crippen molar-refractivity contribution in [3.63, 3.8) is 0 Å². The molecule has 0 radical (unpaired) electrons. The summed E-state index contributed by atoms with van der Waals surface area (Å²) >= 11 is 1.89. The Bertz CT molecular complexity index is 696. The summed E-state index contributed by atoms with van der Waals surface area (Å²) in [6, 6.07) is 15.0. The fourth-order valence-corrected chi connectivity index (χ4v) is 5.66. The average Bonchev–Trinajstić information content (AvgIpc) is 3.07. The molecule has 0 amide bonds. The topological polar surface area (TPSA) is 37.3 Å². The molecular formula is C18H18O2S. The zero-order valence-corrected chi connectivity index (χ0v) is 12.6. The molecule has 4 unspecified atom stereocenters. The highest BCUT2D eigenvalue weighted by Crippen LogP contribution is 2.54. The number of fused-ring (bicyclic) bond motifs is 3. The summed E-state index contributed by atoms with van der Waals surface area (Å²) in [5, 5.41) is 12.4. The van der Waals surface area contributed by atoms with E-state index in [-0.39, 0.29) is 5.92 Å². The van der Waals surface area contributed by atoms with Gasteiger partial charge < -0.3 is 5.11 Å². The molecule has 0 aromatic heterocycles. The van der Waals surface area contributed by atoms with Gasteiger partial charge in [0.1, 0.15) is 0 Å². The van der Waals surface area contributed by atoms with Gasteiger partial charge in [-0.15, -0.1) is 11.8 Å². The Kier molecular flexibility index (Phi) is 3.18. The fourth-order valence-electron chi connectivity index (χ4n) is 4.12. The Hall–Kier alpha value is -1.48. The van der Waals surface area contributed by atoms with Crippen molar-refractivity contribution in [2.45, 2.75) is 29.4 Å². The van der Waals surface area contributed by atoms with Gasteiger partial charge in [0, 0.05) is 10.1 Å². The Balaban J connectivity index is 1.56. The molecule has 2 bridgehead atoms. The minimum atomic E-state index is -0.591. The Labute approximate surface area is 128 Å². The van der Waals surface area contributed by atoms with Crippen LogP contribution in [0, 0.1) is 17.8 Å². The lowest BCUT2D eigenvalue weighted by molar-refractivity contribution is -0.143. The van der Waals surface area contributed by atoms with Crippen molar-refractivity contribution in [1.29, 1.82) is 0 Å². The molecule has 4 rings (SSSR count). The van der Waals surface area contributed by atoms with Crippen LogP contribution in [0.1, 0.15) is 19.3 Å². The first-order chi connectivity index (χ1) is 10.2. The van der Waals surface area contributed by atoms with Gasteiger partial charge in [-0.1, -0.05) is 30.3 Å². The number of hydrogen-bond donors (Lipinski definition) is 1. The summed E-state index contributed by atoms with van der Waals surface area (Å²) in [4.78, 5) is 12.6. The summed E-state index contributed by atoms with van der Waals surface area (Å²) in [6.07, 6.45) is 3.20. The molecule has 108 valence electrons. The monoisotopic (exact) mass is 298 g/mol. The Morgan fingerprint density at radius 3 is 2.62 bits per heavy atom. The molecule has 0 saturated heterocycles. The largest absolute Gasteiger partial charge is 0.481 e. The number of rotatable bonds is 3. The SMILES string of the molecule is O=C(O)C1CC2CC(Sc3ccc4ccccc4c3)C1C2. The van der Waals surface area contributed by atoms with Crippen LogP contribution in [0.3, 0.4) is 0 Å². The lowest BCUT2D eigenvalue weighted by Gasteiger charge is -2.26. The van der Waals surface area contributed by atoms with Crippen LogP contribution in [-0.2, 0) is 4.79 Å². The van der Waals surface area contributed by atoms with Gasteiger partial charge in [-0.3, -0.25) is 4.79 Å². The highest BCUT2D eigenvalue weighted by atomic mass is 32.2. The lowest BCUT2D eigenvalue weighted by Crippen LogP contribution is -2.28. The van der Waals surface area contributed by atoms with Crippen molar-refractivity contribution in [3.8, 4) is 0 Å². The second-order valence-corrected chi connectivity index (χ2v) is 7.66. The molecule has 2 fully saturated rings. The smallest absolute Gasteiger partial charge is 0.306 e. The van der Waals surface area contributed by atoms with Crippen LogP contribution in [0.25, 0.3) is 10.8 Å². The highest BCUT2D eigenvalue weighted by Gasteiger charge is 2.49. The molecule has 21 heavy (non-hydrogen) atoms. The Morgan fingerprint density at radius 1 is 1.05 bits per heavy atom. The van der Waals surface area contributed by atoms with Crippen LogP contribution in [0.2, 0.25) is 0 Å². The zero-order valence-electron chi connectivity index (χ0n) is 11.7. The van der Waals surface area contributed by atoms with Crippen LogP contribution in [-0.4, -0.2) is 16.3 Å². The van der Waals surface area contributed by atoms with Gasteiger partial charge in [0.05, 0.1) is 5.92 Å². The van der Waals surface area contributed by atoms with Crippen LogP contribution >= 0.6 is 11.8 Å². The van der Waals surface area contributed by atoms with E-state index < -0.39 is 5.97 Å². The van der Waals surface area contributed by atoms with Gasteiger partial charge in [-0.2, -0.15) is 0 Å². The maximum Gasteiger partial charge on any atom is 0.306 e. The van der Waals surface area contributed by atoms with E-state index in [1.54, 1.807) is 0 Å². The number of carbonyl (C=O) groups is 1. The van der Waals surface area contributed by atoms with E-state index in [1.165, 1.54) is 22.1 Å². The van der Waals surface area contributed by atoms with Crippen molar-refractivity contribution in [3.05, 3.63) is 42.5 Å². The first-order valence-electron chi connectivity index (χ1n) is 7.59. The fraction of sp³-hybridized carbons (Fsp3) is 0.389. The van der Waals surface area contributed by atoms with E-state index in [1.807, 2.05) is 11.8 Å². The molecule has 2 nitrogen and oxygen atoms in total. The van der Waals surface area contributed by atoms with E-state index >= 15 is 0 Å². The molecule has 2 saturated carbocycles. The third-order valence-corrected chi connectivity index (χ3v) is 6.45. The van der Waals surface area contributed by atoms with Crippen molar-refractivity contribution in [1.82, 2.24) is 0 Å². The van der Waals surface area contributed by atoms with Crippen LogP contribution < -0.4 is 0 Å². The van der Waals surface area contributed by atoms with E-state index in [2.05, 4.69) is 42.5 Å². The summed E-state index contributed by atoms with van der Waals surface area (Å²) in [5.41, 5.74) is 0. The van der Waals surface area contributed by atoms with Crippen molar-refractivity contribution in [2.75, 3.05) is 0 Å². The third kappa shape index (κ3) is 2.34. The standard InChI is InChI=1S/C18H18O2S/c19-18(20)16-8-11-7-15(16)17(9-11)21-14-6-5-12-3-1-2-4-13(12)10-14/h1-6,10-11,15-17H,7-9H2,(H,19,20). The summed E-state index contributed by atoms with van der Waals surface area (Å²) < 4.78 is 0. The van der Waals surface area contributed by atoms with E-state index in [4.69, 9.17) is 0 Å². The average molecular weight is 298 g/mol. The minimum absolute atomic E-state index is 0.110. The van der Waals surface area contributed by atoms with E-state index in [9.17, 15) is 9.90 Å². The van der Waals surface area contributed by atoms with Crippen LogP contribution in [0.4, 0.5) is 0 Å². The molecular weight excluding hydrogens is 280 g/mol. The number of thioether (sulfide) groups is 1. The second-order valence-electron chi connectivity index (χ2n) is 6.35. The van der Waals surface area contributed by atoms with Crippen molar-refractivity contribution >= 4 is 28.5 Å². The molecule has 0 spiro atoms. The van der Waals surface area contributed by atoms with Crippen LogP contribution in [0.5, 0.6) is 0 Å². The second kappa shape index (κ2) is 5.06. The van der Waals surface area contributed by atoms with Crippen molar-refractivity contribution in [2.24, 2.45) is 17.8 Å². The third-order valence-electron chi connectivity index (χ3n) is 5.08. The molecule has 2 aromatic carbocycles. The maximum atomic E-state index is 11.4. The molecule has 2 aromatic rings. The number of aliphatic carboxylic acids is 1. The molecule has 4 atom stereocenters. The van der Waals surface area contributed by atoms with Crippen molar-refractivity contribution < 1.29 is 9.90 Å². The number of benzene rings is 2. The Morgan fingerprint density at radius 2 is 1.86 bits per heavy atom. The van der Waals surface area contributed by atoms with E-state index in [0.29, 0.717) is 17.1 Å². The quantitative estimate of drug-likeness (QED) is 0.910. The molecule has 0 heterocycles. The van der Waals surface area contributed by atoms with Gasteiger partial charge in [0.15, 0.2) is 0 Å². The van der Waals surface area contributed by atoms with Gasteiger partial charge in [0.25, 0.3) is 0 Å². The molecule has 0 aliphatic heterocycles. The summed E-state index contributed by atoms with van der Waals surface area (Å²) in [5.74, 6) is 0.297. The molecule has 3 heteroatoms. The molecule has 2 aliphatic rings. The van der Waals surface area contributed by atoms with Gasteiger partial charge in [-0.25, -0.2) is 0 Å². The molecule has 2 aliphatic carbocycles. The number of carboxylic acids is 1. The maximum absolute atomic E-state index is 11.4. The van der Waals surface area contributed by atoms with Crippen LogP contribution in [0.15, 0.2) is 47.4 Å². The predicted molar refractivity (Wildman–Crippen MR) is 85.5 cm³/mol. The number of hydrogen-bond acceptors (Lipinski definition) is 2. The first kappa shape index (κ1) is 13.2. The first-order valence-corrected chi connectivity index (χ1v) is 8.47. The zero-order chi connectivity index (χ0) is 14.4.